The maximum Gasteiger partial charge on any atom is 0.268 e. The average Bonchev–Trinajstić information content (AvgIpc) is 2.64. The van der Waals surface area contributed by atoms with Crippen LogP contribution in [0.2, 0.25) is 0 Å². The Morgan fingerprint density at radius 1 is 1.62 bits per heavy atom. The Kier molecular flexibility index (Phi) is 3.75. The molecule has 1 aromatic heterocycles. The number of rotatable bonds is 4. The van der Waals surface area contributed by atoms with Crippen molar-refractivity contribution in [2.45, 2.75) is 45.9 Å². The molecule has 1 unspecified atom stereocenters. The van der Waals surface area contributed by atoms with Crippen LogP contribution in [0.4, 0.5) is 0 Å². The molecule has 0 saturated heterocycles. The molecular weight excluding hydrogens is 204 g/mol. The number of aliphatic hydroxyl groups excluding tert-OH is 1. The molecule has 0 aliphatic rings. The zero-order chi connectivity index (χ0) is 12.3. The van der Waals surface area contributed by atoms with Gasteiger partial charge >= 0.3 is 0 Å². The number of nitrogens with one attached hydrogen (secondary N) is 1. The van der Waals surface area contributed by atoms with Crippen LogP contribution in [0.25, 0.3) is 0 Å². The minimum Gasteiger partial charge on any atom is -0.391 e. The summed E-state index contributed by atoms with van der Waals surface area (Å²) >= 11 is 0. The molecule has 1 atom stereocenters. The molecule has 0 aliphatic carbocycles. The third-order valence-electron chi connectivity index (χ3n) is 2.88. The fourth-order valence-electron chi connectivity index (χ4n) is 1.36. The van der Waals surface area contributed by atoms with Crippen molar-refractivity contribution in [3.05, 3.63) is 24.0 Å². The highest BCUT2D eigenvalue weighted by Crippen LogP contribution is 2.11. The van der Waals surface area contributed by atoms with E-state index >= 15 is 0 Å². The van der Waals surface area contributed by atoms with Gasteiger partial charge in [0.15, 0.2) is 0 Å². The third-order valence-corrected chi connectivity index (χ3v) is 2.88. The fourth-order valence-corrected chi connectivity index (χ4v) is 1.36. The number of hydrogen-bond donors (Lipinski definition) is 2. The fraction of sp³-hybridized carbons (Fsp3) is 0.583. The molecule has 1 amide bonds. The van der Waals surface area contributed by atoms with Crippen molar-refractivity contribution in [3.63, 3.8) is 0 Å². The summed E-state index contributed by atoms with van der Waals surface area (Å²) in [5.74, 6) is -0.155. The van der Waals surface area contributed by atoms with E-state index in [1.54, 1.807) is 26.8 Å². The normalized spacial score (nSPS) is 13.6. The molecule has 2 N–H and O–H groups in total. The monoisotopic (exact) mass is 224 g/mol. The number of aliphatic hydroxyl groups is 1. The molecule has 0 bridgehead atoms. The second-order valence-electron chi connectivity index (χ2n) is 4.53. The summed E-state index contributed by atoms with van der Waals surface area (Å²) in [5.41, 5.74) is -0.00357. The quantitative estimate of drug-likeness (QED) is 0.812. The van der Waals surface area contributed by atoms with Crippen LogP contribution in [0, 0.1) is 0 Å². The van der Waals surface area contributed by atoms with Gasteiger partial charge in [0.1, 0.15) is 5.69 Å². The van der Waals surface area contributed by atoms with Crippen molar-refractivity contribution >= 4 is 5.91 Å². The molecule has 0 fully saturated rings. The van der Waals surface area contributed by atoms with Gasteiger partial charge < -0.3 is 15.0 Å². The lowest BCUT2D eigenvalue weighted by Gasteiger charge is -2.29. The largest absolute Gasteiger partial charge is 0.391 e. The molecule has 4 nitrogen and oxygen atoms in total. The Morgan fingerprint density at radius 2 is 2.25 bits per heavy atom. The first-order valence-corrected chi connectivity index (χ1v) is 5.54. The number of amides is 1. The first kappa shape index (κ1) is 12.8. The van der Waals surface area contributed by atoms with E-state index in [1.165, 1.54) is 0 Å². The Balaban J connectivity index is 2.81. The molecule has 0 aromatic carbocycles. The van der Waals surface area contributed by atoms with E-state index in [-0.39, 0.29) is 5.91 Å². The van der Waals surface area contributed by atoms with E-state index in [0.717, 1.165) is 6.54 Å². The van der Waals surface area contributed by atoms with Crippen LogP contribution in [0.3, 0.4) is 0 Å². The SMILES string of the molecule is CCn1cccc1C(=O)NC(C)(C)C(C)O. The lowest BCUT2D eigenvalue weighted by atomic mass is 9.98. The highest BCUT2D eigenvalue weighted by molar-refractivity contribution is 5.93. The van der Waals surface area contributed by atoms with Gasteiger partial charge in [-0.05, 0) is 39.8 Å². The van der Waals surface area contributed by atoms with Gasteiger partial charge in [-0.15, -0.1) is 0 Å². The summed E-state index contributed by atoms with van der Waals surface area (Å²) in [6, 6.07) is 3.62. The van der Waals surface area contributed by atoms with Crippen molar-refractivity contribution in [1.29, 1.82) is 0 Å². The highest BCUT2D eigenvalue weighted by atomic mass is 16.3. The Bertz CT molecular complexity index is 367. The van der Waals surface area contributed by atoms with Gasteiger partial charge in [0.2, 0.25) is 0 Å². The summed E-state index contributed by atoms with van der Waals surface area (Å²) < 4.78 is 1.87. The van der Waals surface area contributed by atoms with Crippen molar-refractivity contribution in [3.8, 4) is 0 Å². The predicted octanol–water partition coefficient (Wildman–Crippen LogP) is 1.40. The minimum absolute atomic E-state index is 0.155. The lowest BCUT2D eigenvalue weighted by Crippen LogP contribution is -2.51. The molecule has 0 radical (unpaired) electrons. The van der Waals surface area contributed by atoms with Crippen LogP contribution in [-0.4, -0.2) is 27.2 Å². The van der Waals surface area contributed by atoms with Gasteiger partial charge in [0, 0.05) is 12.7 Å². The van der Waals surface area contributed by atoms with E-state index in [2.05, 4.69) is 5.32 Å². The summed E-state index contributed by atoms with van der Waals surface area (Å²) in [7, 11) is 0. The molecule has 16 heavy (non-hydrogen) atoms. The second kappa shape index (κ2) is 4.70. The molecule has 0 spiro atoms. The van der Waals surface area contributed by atoms with Gasteiger partial charge in [-0.3, -0.25) is 4.79 Å². The third kappa shape index (κ3) is 2.64. The first-order chi connectivity index (χ1) is 7.38. The van der Waals surface area contributed by atoms with E-state index in [9.17, 15) is 9.90 Å². The number of aromatic nitrogens is 1. The van der Waals surface area contributed by atoms with Crippen LogP contribution < -0.4 is 5.32 Å². The van der Waals surface area contributed by atoms with Crippen molar-refractivity contribution in [1.82, 2.24) is 9.88 Å². The zero-order valence-electron chi connectivity index (χ0n) is 10.3. The highest BCUT2D eigenvalue weighted by Gasteiger charge is 2.27. The van der Waals surface area contributed by atoms with Crippen LogP contribution in [0.1, 0.15) is 38.2 Å². The van der Waals surface area contributed by atoms with Crippen molar-refractivity contribution < 1.29 is 9.90 Å². The number of carbonyl (C=O) groups excluding carboxylic acids is 1. The lowest BCUT2D eigenvalue weighted by molar-refractivity contribution is 0.0702. The molecule has 1 aromatic rings. The average molecular weight is 224 g/mol. The zero-order valence-corrected chi connectivity index (χ0v) is 10.3. The number of nitrogens with zero attached hydrogens (tertiary/aromatic N) is 1. The minimum atomic E-state index is -0.625. The van der Waals surface area contributed by atoms with Crippen LogP contribution >= 0.6 is 0 Å². The Hall–Kier alpha value is -1.29. The topological polar surface area (TPSA) is 54.3 Å². The molecule has 0 aliphatic heterocycles. The summed E-state index contributed by atoms with van der Waals surface area (Å²) in [4.78, 5) is 12.0. The van der Waals surface area contributed by atoms with Gasteiger partial charge in [-0.1, -0.05) is 0 Å². The maximum absolute atomic E-state index is 12.0. The molecule has 1 rings (SSSR count). The van der Waals surface area contributed by atoms with E-state index in [0.29, 0.717) is 5.69 Å². The van der Waals surface area contributed by atoms with Gasteiger partial charge in [0.25, 0.3) is 5.91 Å². The van der Waals surface area contributed by atoms with Crippen LogP contribution in [0.5, 0.6) is 0 Å². The molecule has 90 valence electrons. The summed E-state index contributed by atoms with van der Waals surface area (Å²) in [6.45, 7) is 8.00. The molecule has 0 saturated carbocycles. The predicted molar refractivity (Wildman–Crippen MR) is 63.3 cm³/mol. The smallest absolute Gasteiger partial charge is 0.268 e. The van der Waals surface area contributed by atoms with Gasteiger partial charge in [-0.25, -0.2) is 0 Å². The number of aryl methyl sites for hydroxylation is 1. The Labute approximate surface area is 96.3 Å². The van der Waals surface area contributed by atoms with Gasteiger partial charge in [-0.2, -0.15) is 0 Å². The van der Waals surface area contributed by atoms with E-state index < -0.39 is 11.6 Å². The summed E-state index contributed by atoms with van der Waals surface area (Å²) in [5, 5.41) is 12.4. The molecular formula is C12H20N2O2. The van der Waals surface area contributed by atoms with Crippen molar-refractivity contribution in [2.24, 2.45) is 0 Å². The van der Waals surface area contributed by atoms with Crippen molar-refractivity contribution in [2.75, 3.05) is 0 Å². The van der Waals surface area contributed by atoms with Gasteiger partial charge in [0.05, 0.1) is 11.6 Å². The van der Waals surface area contributed by atoms with Crippen LogP contribution in [0.15, 0.2) is 18.3 Å². The molecule has 4 heteroatoms. The standard InChI is InChI=1S/C12H20N2O2/c1-5-14-8-6-7-10(14)11(16)13-12(3,4)9(2)15/h6-9,15H,5H2,1-4H3,(H,13,16). The Morgan fingerprint density at radius 3 is 2.75 bits per heavy atom. The first-order valence-electron chi connectivity index (χ1n) is 5.54. The summed E-state index contributed by atoms with van der Waals surface area (Å²) in [6.07, 6.45) is 1.27. The molecule has 1 heterocycles. The second-order valence-corrected chi connectivity index (χ2v) is 4.53. The number of hydrogen-bond acceptors (Lipinski definition) is 2. The number of carbonyl (C=O) groups is 1. The van der Waals surface area contributed by atoms with Crippen LogP contribution in [-0.2, 0) is 6.54 Å². The van der Waals surface area contributed by atoms with E-state index in [1.807, 2.05) is 23.8 Å². The van der Waals surface area contributed by atoms with E-state index in [4.69, 9.17) is 0 Å². The maximum atomic E-state index is 12.0.